The predicted octanol–water partition coefficient (Wildman–Crippen LogP) is 3.71. The maximum absolute atomic E-state index is 12.2. The van der Waals surface area contributed by atoms with Gasteiger partial charge in [-0.2, -0.15) is 0 Å². The van der Waals surface area contributed by atoms with Crippen molar-refractivity contribution in [3.63, 3.8) is 0 Å². The second-order valence-corrected chi connectivity index (χ2v) is 5.68. The fourth-order valence-corrected chi connectivity index (χ4v) is 2.37. The molecule has 124 valence electrons. The molecule has 0 aliphatic rings. The van der Waals surface area contributed by atoms with Gasteiger partial charge in [-0.3, -0.25) is 4.79 Å². The van der Waals surface area contributed by atoms with E-state index in [0.29, 0.717) is 23.6 Å². The molecule has 23 heavy (non-hydrogen) atoms. The average Bonchev–Trinajstić information content (AvgIpc) is 2.88. The standard InChI is InChI=1S/C18H24N2O3/c1-5-6-10-19-18(21)16-15(14(4)23-20-16)11-22-17-12(2)8-7-9-13(17)3/h7-9H,5-6,10-11H2,1-4H3,(H,19,21). The Kier molecular flexibility index (Phi) is 5.79. The molecule has 1 aromatic heterocycles. The van der Waals surface area contributed by atoms with Crippen LogP contribution in [0.3, 0.4) is 0 Å². The summed E-state index contributed by atoms with van der Waals surface area (Å²) in [6, 6.07) is 6.00. The van der Waals surface area contributed by atoms with Crippen molar-refractivity contribution in [2.75, 3.05) is 6.54 Å². The highest BCUT2D eigenvalue weighted by Gasteiger charge is 2.20. The third kappa shape index (κ3) is 4.12. The summed E-state index contributed by atoms with van der Waals surface area (Å²) < 4.78 is 11.1. The van der Waals surface area contributed by atoms with Gasteiger partial charge in [0, 0.05) is 6.54 Å². The Balaban J connectivity index is 2.11. The molecule has 5 heteroatoms. The number of aryl methyl sites for hydroxylation is 3. The first-order valence-electron chi connectivity index (χ1n) is 7.97. The van der Waals surface area contributed by atoms with Gasteiger partial charge in [-0.25, -0.2) is 0 Å². The number of nitrogens with zero attached hydrogens (tertiary/aromatic N) is 1. The smallest absolute Gasteiger partial charge is 0.273 e. The van der Waals surface area contributed by atoms with Gasteiger partial charge in [-0.15, -0.1) is 0 Å². The summed E-state index contributed by atoms with van der Waals surface area (Å²) >= 11 is 0. The molecule has 1 amide bonds. The third-order valence-corrected chi connectivity index (χ3v) is 3.79. The molecule has 0 saturated heterocycles. The van der Waals surface area contributed by atoms with E-state index < -0.39 is 0 Å². The minimum absolute atomic E-state index is 0.213. The molecule has 0 spiro atoms. The van der Waals surface area contributed by atoms with Crippen LogP contribution in [-0.2, 0) is 6.61 Å². The lowest BCUT2D eigenvalue weighted by Gasteiger charge is -2.12. The lowest BCUT2D eigenvalue weighted by Crippen LogP contribution is -2.26. The van der Waals surface area contributed by atoms with Gasteiger partial charge in [0.15, 0.2) is 5.69 Å². The van der Waals surface area contributed by atoms with Gasteiger partial charge >= 0.3 is 0 Å². The highest BCUT2D eigenvalue weighted by Crippen LogP contribution is 2.24. The van der Waals surface area contributed by atoms with E-state index >= 15 is 0 Å². The summed E-state index contributed by atoms with van der Waals surface area (Å²) in [4.78, 5) is 12.2. The van der Waals surface area contributed by atoms with Gasteiger partial charge < -0.3 is 14.6 Å². The largest absolute Gasteiger partial charge is 0.488 e. The molecular formula is C18H24N2O3. The molecule has 0 bridgehead atoms. The maximum atomic E-state index is 12.2. The number of hydrogen-bond donors (Lipinski definition) is 1. The van der Waals surface area contributed by atoms with Crippen LogP contribution in [0, 0.1) is 20.8 Å². The molecule has 0 fully saturated rings. The van der Waals surface area contributed by atoms with Crippen LogP contribution in [0.15, 0.2) is 22.7 Å². The molecule has 1 N–H and O–H groups in total. The topological polar surface area (TPSA) is 64.4 Å². The van der Waals surface area contributed by atoms with Crippen molar-refractivity contribution in [2.24, 2.45) is 0 Å². The summed E-state index contributed by atoms with van der Waals surface area (Å²) in [6.07, 6.45) is 1.97. The summed E-state index contributed by atoms with van der Waals surface area (Å²) in [5, 5.41) is 6.74. The van der Waals surface area contributed by atoms with Crippen molar-refractivity contribution in [3.05, 3.63) is 46.3 Å². The van der Waals surface area contributed by atoms with E-state index in [0.717, 1.165) is 29.7 Å². The number of aromatic nitrogens is 1. The number of nitrogens with one attached hydrogen (secondary N) is 1. The quantitative estimate of drug-likeness (QED) is 0.791. The van der Waals surface area contributed by atoms with Gasteiger partial charge in [0.25, 0.3) is 5.91 Å². The molecule has 2 aromatic rings. The molecule has 1 heterocycles. The lowest BCUT2D eigenvalue weighted by atomic mass is 10.1. The normalized spacial score (nSPS) is 10.6. The molecular weight excluding hydrogens is 292 g/mol. The zero-order valence-corrected chi connectivity index (χ0v) is 14.2. The van der Waals surface area contributed by atoms with Gasteiger partial charge in [-0.05, 0) is 38.3 Å². The maximum Gasteiger partial charge on any atom is 0.273 e. The monoisotopic (exact) mass is 316 g/mol. The first-order valence-corrected chi connectivity index (χ1v) is 7.97. The second kappa shape index (κ2) is 7.81. The second-order valence-electron chi connectivity index (χ2n) is 5.68. The minimum Gasteiger partial charge on any atom is -0.488 e. The van der Waals surface area contributed by atoms with Gasteiger partial charge in [0.05, 0.1) is 5.56 Å². The van der Waals surface area contributed by atoms with Crippen LogP contribution in [0.4, 0.5) is 0 Å². The predicted molar refractivity (Wildman–Crippen MR) is 88.7 cm³/mol. The Labute approximate surface area is 137 Å². The number of benzene rings is 1. The zero-order chi connectivity index (χ0) is 16.8. The van der Waals surface area contributed by atoms with Crippen LogP contribution in [0.5, 0.6) is 5.75 Å². The fourth-order valence-electron chi connectivity index (χ4n) is 2.37. The number of para-hydroxylation sites is 1. The Bertz CT molecular complexity index is 657. The summed E-state index contributed by atoms with van der Waals surface area (Å²) in [7, 11) is 0. The number of amides is 1. The molecule has 0 radical (unpaired) electrons. The SMILES string of the molecule is CCCCNC(=O)c1noc(C)c1COc1c(C)cccc1C. The number of carbonyl (C=O) groups excluding carboxylic acids is 1. The van der Waals surface area contributed by atoms with Crippen LogP contribution in [0.1, 0.15) is 52.7 Å². The van der Waals surface area contributed by atoms with Crippen molar-refractivity contribution in [2.45, 2.75) is 47.1 Å². The Morgan fingerprint density at radius 2 is 1.96 bits per heavy atom. The van der Waals surface area contributed by atoms with Gasteiger partial charge in [0.2, 0.25) is 0 Å². The third-order valence-electron chi connectivity index (χ3n) is 3.79. The van der Waals surface area contributed by atoms with Gasteiger partial charge in [-0.1, -0.05) is 36.7 Å². The summed E-state index contributed by atoms with van der Waals surface area (Å²) in [5.41, 5.74) is 3.13. The van der Waals surface area contributed by atoms with E-state index in [1.165, 1.54) is 0 Å². The van der Waals surface area contributed by atoms with Crippen LogP contribution in [0.2, 0.25) is 0 Å². The van der Waals surface area contributed by atoms with Crippen LogP contribution in [-0.4, -0.2) is 17.6 Å². The summed E-state index contributed by atoms with van der Waals surface area (Å²) in [6.45, 7) is 8.77. The van der Waals surface area contributed by atoms with Gasteiger partial charge in [0.1, 0.15) is 18.1 Å². The first-order chi connectivity index (χ1) is 11.0. The van der Waals surface area contributed by atoms with Crippen LogP contribution >= 0.6 is 0 Å². The van der Waals surface area contributed by atoms with E-state index in [1.807, 2.05) is 32.0 Å². The van der Waals surface area contributed by atoms with E-state index in [9.17, 15) is 4.79 Å². The first kappa shape index (κ1) is 17.1. The summed E-state index contributed by atoms with van der Waals surface area (Å²) in [5.74, 6) is 1.23. The van der Waals surface area contributed by atoms with Crippen LogP contribution in [0.25, 0.3) is 0 Å². The zero-order valence-electron chi connectivity index (χ0n) is 14.2. The fraction of sp³-hybridized carbons (Fsp3) is 0.444. The van der Waals surface area contributed by atoms with E-state index in [1.54, 1.807) is 6.92 Å². The molecule has 0 aliphatic heterocycles. The molecule has 5 nitrogen and oxygen atoms in total. The lowest BCUT2D eigenvalue weighted by molar-refractivity contribution is 0.0942. The number of rotatable bonds is 7. The highest BCUT2D eigenvalue weighted by atomic mass is 16.5. The Morgan fingerprint density at radius 1 is 1.26 bits per heavy atom. The Hall–Kier alpha value is -2.30. The molecule has 1 aromatic carbocycles. The molecule has 0 saturated carbocycles. The van der Waals surface area contributed by atoms with Crippen molar-refractivity contribution in [1.82, 2.24) is 10.5 Å². The van der Waals surface area contributed by atoms with Crippen molar-refractivity contribution < 1.29 is 14.1 Å². The van der Waals surface area contributed by atoms with Crippen molar-refractivity contribution in [1.29, 1.82) is 0 Å². The molecule has 0 atom stereocenters. The van der Waals surface area contributed by atoms with Crippen LogP contribution < -0.4 is 10.1 Å². The number of hydrogen-bond acceptors (Lipinski definition) is 4. The van der Waals surface area contributed by atoms with Crippen molar-refractivity contribution in [3.8, 4) is 5.75 Å². The minimum atomic E-state index is -0.213. The molecule has 0 unspecified atom stereocenters. The van der Waals surface area contributed by atoms with E-state index in [2.05, 4.69) is 17.4 Å². The molecule has 0 aliphatic carbocycles. The van der Waals surface area contributed by atoms with E-state index in [-0.39, 0.29) is 12.5 Å². The Morgan fingerprint density at radius 3 is 2.61 bits per heavy atom. The number of ether oxygens (including phenoxy) is 1. The highest BCUT2D eigenvalue weighted by molar-refractivity contribution is 5.93. The van der Waals surface area contributed by atoms with Crippen molar-refractivity contribution >= 4 is 5.91 Å². The number of unbranched alkanes of at least 4 members (excludes halogenated alkanes) is 1. The molecule has 2 rings (SSSR count). The van der Waals surface area contributed by atoms with E-state index in [4.69, 9.17) is 9.26 Å². The average molecular weight is 316 g/mol. The number of carbonyl (C=O) groups is 1.